The molecule has 2 heterocycles. The summed E-state index contributed by atoms with van der Waals surface area (Å²) in [6.45, 7) is 7.67. The Bertz CT molecular complexity index is 789. The molecule has 0 saturated carbocycles. The maximum atomic E-state index is 5.41. The normalized spacial score (nSPS) is 16.3. The number of thiophene rings is 1. The van der Waals surface area contributed by atoms with Crippen LogP contribution < -0.4 is 25.0 Å². The van der Waals surface area contributed by atoms with Gasteiger partial charge in [0.2, 0.25) is 0 Å². The van der Waals surface area contributed by atoms with Crippen molar-refractivity contribution in [2.75, 3.05) is 38.8 Å². The number of nitrogens with zero attached hydrogens (tertiary/aromatic N) is 2. The number of hydrogen-bond acceptors (Lipinski definition) is 5. The molecule has 0 aliphatic carbocycles. The lowest BCUT2D eigenvalue weighted by Gasteiger charge is -2.21. The van der Waals surface area contributed by atoms with Crippen LogP contribution in [-0.2, 0) is 6.54 Å². The zero-order chi connectivity index (χ0) is 19.9. The van der Waals surface area contributed by atoms with E-state index in [-0.39, 0.29) is 24.0 Å². The van der Waals surface area contributed by atoms with Gasteiger partial charge in [0.1, 0.15) is 11.5 Å². The van der Waals surface area contributed by atoms with Crippen molar-refractivity contribution >= 4 is 47.0 Å². The van der Waals surface area contributed by atoms with Crippen molar-refractivity contribution < 1.29 is 9.47 Å². The zero-order valence-corrected chi connectivity index (χ0v) is 20.7. The molecule has 0 amide bonds. The molecule has 29 heavy (non-hydrogen) atoms. The first-order valence-corrected chi connectivity index (χ1v) is 10.5. The van der Waals surface area contributed by atoms with Crippen LogP contribution in [0.3, 0.4) is 0 Å². The third-order valence-corrected chi connectivity index (χ3v) is 5.75. The topological polar surface area (TPSA) is 58.1 Å². The lowest BCUT2D eigenvalue weighted by Crippen LogP contribution is -2.44. The number of hydrogen-bond donors (Lipinski definition) is 2. The number of benzene rings is 1. The molecule has 2 aromatic rings. The van der Waals surface area contributed by atoms with Gasteiger partial charge in [0, 0.05) is 59.3 Å². The lowest BCUT2D eigenvalue weighted by atomic mass is 10.2. The average Bonchev–Trinajstić information content (AvgIpc) is 3.34. The maximum Gasteiger partial charge on any atom is 0.191 e. The molecule has 1 unspecified atom stereocenters. The molecule has 8 heteroatoms. The molecule has 1 atom stereocenters. The first-order chi connectivity index (χ1) is 13.6. The number of halogens is 1. The van der Waals surface area contributed by atoms with Crippen LogP contribution in [0.2, 0.25) is 0 Å². The Balaban J connectivity index is 0.00000300. The number of aryl methyl sites for hydroxylation is 1. The van der Waals surface area contributed by atoms with Gasteiger partial charge < -0.3 is 25.0 Å². The highest BCUT2D eigenvalue weighted by Crippen LogP contribution is 2.30. The fourth-order valence-corrected chi connectivity index (χ4v) is 4.14. The lowest BCUT2D eigenvalue weighted by molar-refractivity contribution is 0.394. The number of nitrogens with one attached hydrogen (secondary N) is 2. The third-order valence-electron chi connectivity index (χ3n) is 4.76. The molecule has 1 aromatic heterocycles. The molecular weight excluding hydrogens is 499 g/mol. The minimum Gasteiger partial charge on any atom is -0.497 e. The molecule has 0 bridgehead atoms. The second-order valence-corrected chi connectivity index (χ2v) is 8.23. The number of ether oxygens (including phenoxy) is 2. The highest BCUT2D eigenvalue weighted by molar-refractivity contribution is 14.0. The molecule has 1 saturated heterocycles. The van der Waals surface area contributed by atoms with E-state index in [0.29, 0.717) is 12.6 Å². The van der Waals surface area contributed by atoms with E-state index in [1.165, 1.54) is 9.75 Å². The molecule has 1 aliphatic heterocycles. The van der Waals surface area contributed by atoms with E-state index in [4.69, 9.17) is 14.5 Å². The Morgan fingerprint density at radius 1 is 1.21 bits per heavy atom. The van der Waals surface area contributed by atoms with Gasteiger partial charge in [0.05, 0.1) is 20.8 Å². The fourth-order valence-electron chi connectivity index (χ4n) is 3.33. The summed E-state index contributed by atoms with van der Waals surface area (Å²) in [6.07, 6.45) is 1.06. The zero-order valence-electron chi connectivity index (χ0n) is 17.5. The third kappa shape index (κ3) is 6.67. The van der Waals surface area contributed by atoms with Gasteiger partial charge in [-0.05, 0) is 32.4 Å². The van der Waals surface area contributed by atoms with E-state index in [1.54, 1.807) is 25.6 Å². The smallest absolute Gasteiger partial charge is 0.191 e. The van der Waals surface area contributed by atoms with E-state index < -0.39 is 0 Å². The number of rotatable bonds is 7. The van der Waals surface area contributed by atoms with Crippen molar-refractivity contribution in [1.82, 2.24) is 10.6 Å². The summed E-state index contributed by atoms with van der Waals surface area (Å²) < 4.78 is 10.8. The quantitative estimate of drug-likeness (QED) is 0.322. The molecule has 1 aromatic carbocycles. The Labute approximate surface area is 194 Å². The van der Waals surface area contributed by atoms with Crippen molar-refractivity contribution in [3.63, 3.8) is 0 Å². The summed E-state index contributed by atoms with van der Waals surface area (Å²) in [6, 6.07) is 10.7. The molecule has 1 fully saturated rings. The molecular formula is C21H31IN4O2S. The largest absolute Gasteiger partial charge is 0.497 e. The Morgan fingerprint density at radius 2 is 1.93 bits per heavy atom. The summed E-state index contributed by atoms with van der Waals surface area (Å²) in [5.74, 6) is 2.50. The maximum absolute atomic E-state index is 5.41. The molecule has 1 aliphatic rings. The van der Waals surface area contributed by atoms with Crippen molar-refractivity contribution in [2.45, 2.75) is 32.9 Å². The summed E-state index contributed by atoms with van der Waals surface area (Å²) in [7, 11) is 3.36. The number of methoxy groups -OCH3 is 2. The highest BCUT2D eigenvalue weighted by atomic mass is 127. The second kappa shape index (κ2) is 11.5. The van der Waals surface area contributed by atoms with Crippen molar-refractivity contribution in [3.8, 4) is 11.5 Å². The van der Waals surface area contributed by atoms with E-state index in [2.05, 4.69) is 53.6 Å². The van der Waals surface area contributed by atoms with E-state index in [9.17, 15) is 0 Å². The SMILES string of the molecule is CCNC(=NCc1ccc(C)s1)NC1CCN(c2cc(OC)cc(OC)c2)C1.I. The van der Waals surface area contributed by atoms with Crippen LogP contribution in [0.1, 0.15) is 23.1 Å². The molecule has 0 spiro atoms. The highest BCUT2D eigenvalue weighted by Gasteiger charge is 2.24. The van der Waals surface area contributed by atoms with Gasteiger partial charge in [-0.25, -0.2) is 4.99 Å². The Kier molecular flexibility index (Phi) is 9.35. The number of aliphatic imine (C=N–C) groups is 1. The molecule has 6 nitrogen and oxygen atoms in total. The minimum absolute atomic E-state index is 0. The molecule has 3 rings (SSSR count). The van der Waals surface area contributed by atoms with Crippen LogP contribution in [0.25, 0.3) is 0 Å². The van der Waals surface area contributed by atoms with Crippen LogP contribution in [0, 0.1) is 6.92 Å². The summed E-state index contributed by atoms with van der Waals surface area (Å²) in [5.41, 5.74) is 1.12. The summed E-state index contributed by atoms with van der Waals surface area (Å²) in [5, 5.41) is 6.95. The van der Waals surface area contributed by atoms with Crippen molar-refractivity contribution in [2.24, 2.45) is 4.99 Å². The van der Waals surface area contributed by atoms with Gasteiger partial charge in [0.15, 0.2) is 5.96 Å². The molecule has 0 radical (unpaired) electrons. The van der Waals surface area contributed by atoms with Gasteiger partial charge in [-0.2, -0.15) is 0 Å². The predicted octanol–water partition coefficient (Wildman–Crippen LogP) is 4.03. The van der Waals surface area contributed by atoms with E-state index in [0.717, 1.165) is 49.2 Å². The number of anilines is 1. The molecule has 160 valence electrons. The van der Waals surface area contributed by atoms with E-state index >= 15 is 0 Å². The van der Waals surface area contributed by atoms with Crippen LogP contribution in [-0.4, -0.2) is 45.9 Å². The van der Waals surface area contributed by atoms with Crippen LogP contribution in [0.5, 0.6) is 11.5 Å². The van der Waals surface area contributed by atoms with Gasteiger partial charge in [-0.15, -0.1) is 35.3 Å². The minimum atomic E-state index is 0. The van der Waals surface area contributed by atoms with Crippen LogP contribution in [0.4, 0.5) is 5.69 Å². The Hall–Kier alpha value is -1.68. The summed E-state index contributed by atoms with van der Waals surface area (Å²) >= 11 is 1.80. The predicted molar refractivity (Wildman–Crippen MR) is 133 cm³/mol. The van der Waals surface area contributed by atoms with Crippen LogP contribution in [0.15, 0.2) is 35.3 Å². The number of guanidine groups is 1. The van der Waals surface area contributed by atoms with Gasteiger partial charge >= 0.3 is 0 Å². The Morgan fingerprint density at radius 3 is 2.52 bits per heavy atom. The first-order valence-electron chi connectivity index (χ1n) is 9.69. The average molecular weight is 530 g/mol. The first kappa shape index (κ1) is 23.6. The monoisotopic (exact) mass is 530 g/mol. The molecule has 2 N–H and O–H groups in total. The van der Waals surface area contributed by atoms with Gasteiger partial charge in [0.25, 0.3) is 0 Å². The van der Waals surface area contributed by atoms with Crippen LogP contribution >= 0.6 is 35.3 Å². The van der Waals surface area contributed by atoms with Crippen molar-refractivity contribution in [1.29, 1.82) is 0 Å². The summed E-state index contributed by atoms with van der Waals surface area (Å²) in [4.78, 5) is 9.72. The van der Waals surface area contributed by atoms with Crippen molar-refractivity contribution in [3.05, 3.63) is 40.1 Å². The van der Waals surface area contributed by atoms with E-state index in [1.807, 2.05) is 6.07 Å². The fraction of sp³-hybridized carbons (Fsp3) is 0.476. The second-order valence-electron chi connectivity index (χ2n) is 6.85. The van der Waals surface area contributed by atoms with Gasteiger partial charge in [-0.3, -0.25) is 0 Å². The standard InChI is InChI=1S/C21H30N4O2S.HI/c1-5-22-21(23-13-20-7-6-15(2)28-20)24-16-8-9-25(14-16)17-10-18(26-3)12-19(11-17)27-4;/h6-7,10-12,16H,5,8-9,13-14H2,1-4H3,(H2,22,23,24);1H. The van der Waals surface area contributed by atoms with Gasteiger partial charge in [-0.1, -0.05) is 0 Å².